The summed E-state index contributed by atoms with van der Waals surface area (Å²) in [5.74, 6) is 5.12. The van der Waals surface area contributed by atoms with Crippen molar-refractivity contribution in [2.75, 3.05) is 11.9 Å². The number of nitrogens with two attached hydrogens (primary N) is 3. The second-order valence-corrected chi connectivity index (χ2v) is 13.6. The minimum atomic E-state index is -0.817. The Labute approximate surface area is 293 Å². The van der Waals surface area contributed by atoms with Gasteiger partial charge in [0.1, 0.15) is 6.04 Å². The monoisotopic (exact) mass is 682 g/mol. The fraction of sp³-hybridized carbons (Fsp3) is 0.421. The summed E-state index contributed by atoms with van der Waals surface area (Å²) in [5, 5.41) is 22.7. The van der Waals surface area contributed by atoms with E-state index in [9.17, 15) is 19.5 Å². The summed E-state index contributed by atoms with van der Waals surface area (Å²) in [6.45, 7) is 2.63. The predicted octanol–water partition coefficient (Wildman–Crippen LogP) is 3.21. The number of amides is 3. The van der Waals surface area contributed by atoms with Gasteiger partial charge >= 0.3 is 0 Å². The van der Waals surface area contributed by atoms with E-state index in [1.165, 1.54) is 0 Å². The van der Waals surface area contributed by atoms with Gasteiger partial charge in [0.05, 0.1) is 6.10 Å². The molecule has 266 valence electrons. The zero-order chi connectivity index (χ0) is 35.6. The quantitative estimate of drug-likeness (QED) is 0.0614. The van der Waals surface area contributed by atoms with E-state index in [1.807, 2.05) is 49.4 Å². The van der Waals surface area contributed by atoms with Gasteiger partial charge in [-0.05, 0) is 129 Å². The molecule has 50 heavy (non-hydrogen) atoms. The lowest BCUT2D eigenvalue weighted by atomic mass is 9.81. The molecule has 0 unspecified atom stereocenters. The molecule has 0 aliphatic heterocycles. The summed E-state index contributed by atoms with van der Waals surface area (Å²) in [7, 11) is 0. The van der Waals surface area contributed by atoms with E-state index < -0.39 is 6.04 Å². The van der Waals surface area contributed by atoms with Crippen molar-refractivity contribution < 1.29 is 19.5 Å². The highest BCUT2D eigenvalue weighted by molar-refractivity contribution is 6.00. The Morgan fingerprint density at radius 1 is 0.880 bits per heavy atom. The Kier molecular flexibility index (Phi) is 12.6. The molecule has 2 fully saturated rings. The summed E-state index contributed by atoms with van der Waals surface area (Å²) in [4.78, 5) is 40.2. The number of aliphatic hydroxyl groups is 1. The topological polar surface area (TPSA) is 210 Å². The highest BCUT2D eigenvalue weighted by Crippen LogP contribution is 2.29. The van der Waals surface area contributed by atoms with Crippen molar-refractivity contribution in [2.45, 2.75) is 82.9 Å². The summed E-state index contributed by atoms with van der Waals surface area (Å²) in [6, 6.07) is 19.7. The number of aryl methyl sites for hydroxylation is 1. The van der Waals surface area contributed by atoms with Crippen LogP contribution in [0.4, 0.5) is 5.69 Å². The first kappa shape index (κ1) is 36.5. The molecule has 0 spiro atoms. The minimum absolute atomic E-state index is 0.0630. The van der Waals surface area contributed by atoms with Gasteiger partial charge in [0, 0.05) is 35.2 Å². The lowest BCUT2D eigenvalue weighted by Gasteiger charge is -2.28. The number of hydrazine groups is 1. The van der Waals surface area contributed by atoms with E-state index >= 15 is 0 Å². The summed E-state index contributed by atoms with van der Waals surface area (Å²) in [6.07, 6.45) is 6.24. The third-order valence-corrected chi connectivity index (χ3v) is 10.1. The zero-order valence-electron chi connectivity index (χ0n) is 28.7. The molecule has 1 atom stereocenters. The van der Waals surface area contributed by atoms with E-state index in [-0.39, 0.29) is 48.0 Å². The molecule has 11 N–H and O–H groups in total. The van der Waals surface area contributed by atoms with E-state index in [1.54, 1.807) is 24.3 Å². The van der Waals surface area contributed by atoms with Crippen molar-refractivity contribution in [3.63, 3.8) is 0 Å². The van der Waals surface area contributed by atoms with Crippen LogP contribution in [-0.4, -0.2) is 53.4 Å². The largest absolute Gasteiger partial charge is 0.393 e. The van der Waals surface area contributed by atoms with Crippen LogP contribution in [0.15, 0.2) is 71.8 Å². The van der Waals surface area contributed by atoms with E-state index in [2.05, 4.69) is 26.6 Å². The second-order valence-electron chi connectivity index (χ2n) is 13.6. The number of rotatable bonds is 12. The number of hydrazone groups is 1. The molecule has 0 saturated heterocycles. The standard InChI is InChI=1S/C38H50N8O4/c1-23-2-7-29(37(49)42-31-16-18-32(47)19-17-31)21-33(23)26-8-3-24(4-9-26)20-34(44-36(48)28-10-5-25(22-39)6-11-28)38(50)43-30-14-12-27(13-15-30)35(40)45-46-41/h2-4,7-9,12-15,21,25,28,31-32,34,46-47H,5-6,10-11,16-20,22,39,41H2,1H3,(H2,40,45)(H,42,49)(H,43,50)(H,44,48)/t25?,28?,31?,32?,34-/m0/s1. The van der Waals surface area contributed by atoms with Gasteiger partial charge in [0.15, 0.2) is 5.84 Å². The molecule has 3 aromatic carbocycles. The number of nitrogens with zero attached hydrogens (tertiary/aromatic N) is 1. The third-order valence-electron chi connectivity index (χ3n) is 10.1. The van der Waals surface area contributed by atoms with Crippen LogP contribution >= 0.6 is 0 Å². The summed E-state index contributed by atoms with van der Waals surface area (Å²) in [5.41, 5.74) is 19.5. The third kappa shape index (κ3) is 9.68. The van der Waals surface area contributed by atoms with E-state index in [4.69, 9.17) is 17.3 Å². The Morgan fingerprint density at radius 3 is 2.18 bits per heavy atom. The molecular formula is C38H50N8O4. The first-order valence-electron chi connectivity index (χ1n) is 17.5. The van der Waals surface area contributed by atoms with Crippen LogP contribution < -0.4 is 38.8 Å². The Morgan fingerprint density at radius 2 is 1.54 bits per heavy atom. The van der Waals surface area contributed by atoms with Crippen LogP contribution in [0, 0.1) is 18.8 Å². The lowest BCUT2D eigenvalue weighted by Crippen LogP contribution is -2.48. The average Bonchev–Trinajstić information content (AvgIpc) is 3.13. The molecule has 0 aromatic heterocycles. The van der Waals surface area contributed by atoms with Gasteiger partial charge in [0.25, 0.3) is 5.91 Å². The maximum atomic E-state index is 13.7. The van der Waals surface area contributed by atoms with Crippen LogP contribution in [0.3, 0.4) is 0 Å². The number of hydrogen-bond donors (Lipinski definition) is 8. The number of carbonyl (C=O) groups is 3. The molecule has 2 aliphatic rings. The van der Waals surface area contributed by atoms with Gasteiger partial charge in [-0.25, -0.2) is 11.4 Å². The molecule has 3 amide bonds. The molecule has 3 aromatic rings. The van der Waals surface area contributed by atoms with Gasteiger partial charge in [-0.15, -0.1) is 5.10 Å². The van der Waals surface area contributed by atoms with Crippen molar-refractivity contribution in [2.24, 2.45) is 34.2 Å². The summed E-state index contributed by atoms with van der Waals surface area (Å²) < 4.78 is 0. The van der Waals surface area contributed by atoms with Crippen molar-refractivity contribution >= 4 is 29.2 Å². The van der Waals surface area contributed by atoms with Crippen LogP contribution in [0.1, 0.15) is 78.4 Å². The Bertz CT molecular complexity index is 1640. The maximum absolute atomic E-state index is 13.7. The van der Waals surface area contributed by atoms with E-state index in [0.717, 1.165) is 60.8 Å². The molecule has 0 bridgehead atoms. The smallest absolute Gasteiger partial charge is 0.251 e. The van der Waals surface area contributed by atoms with Crippen LogP contribution in [0.2, 0.25) is 0 Å². The van der Waals surface area contributed by atoms with Gasteiger partial charge < -0.3 is 32.5 Å². The molecule has 0 heterocycles. The lowest BCUT2D eigenvalue weighted by molar-refractivity contribution is -0.130. The first-order valence-corrected chi connectivity index (χ1v) is 17.5. The van der Waals surface area contributed by atoms with Crippen LogP contribution in [0.5, 0.6) is 0 Å². The Hall–Kier alpha value is -4.78. The first-order chi connectivity index (χ1) is 24.1. The van der Waals surface area contributed by atoms with Crippen molar-refractivity contribution in [1.29, 1.82) is 0 Å². The molecule has 12 heteroatoms. The number of amidine groups is 1. The number of nitrogens with one attached hydrogen (secondary N) is 4. The molecule has 5 rings (SSSR count). The SMILES string of the molecule is Cc1ccc(C(=O)NC2CCC(O)CC2)cc1-c1ccc(C[C@H](NC(=O)C2CCC(CN)CC2)C(=O)Nc2ccc(/C(N)=N/NN)cc2)cc1. The van der Waals surface area contributed by atoms with Crippen LogP contribution in [-0.2, 0) is 16.0 Å². The number of anilines is 1. The molecular weight excluding hydrogens is 632 g/mol. The number of aliphatic hydroxyl groups excluding tert-OH is 1. The number of hydrogen-bond acceptors (Lipinski definition) is 8. The molecule has 2 aliphatic carbocycles. The number of benzene rings is 3. The van der Waals surface area contributed by atoms with Gasteiger partial charge in [-0.2, -0.15) is 0 Å². The second kappa shape index (κ2) is 17.2. The molecule has 2 saturated carbocycles. The van der Waals surface area contributed by atoms with Crippen molar-refractivity contribution in [1.82, 2.24) is 16.2 Å². The summed E-state index contributed by atoms with van der Waals surface area (Å²) >= 11 is 0. The molecule has 12 nitrogen and oxygen atoms in total. The highest BCUT2D eigenvalue weighted by Gasteiger charge is 2.29. The van der Waals surface area contributed by atoms with Gasteiger partial charge in [-0.3, -0.25) is 14.4 Å². The van der Waals surface area contributed by atoms with Crippen molar-refractivity contribution in [3.8, 4) is 11.1 Å². The maximum Gasteiger partial charge on any atom is 0.251 e. The number of carbonyl (C=O) groups excluding carboxylic acids is 3. The van der Waals surface area contributed by atoms with Crippen molar-refractivity contribution in [3.05, 3.63) is 89.0 Å². The molecule has 0 radical (unpaired) electrons. The average molecular weight is 683 g/mol. The van der Waals surface area contributed by atoms with Gasteiger partial charge in [0.2, 0.25) is 11.8 Å². The fourth-order valence-corrected chi connectivity index (χ4v) is 6.87. The highest BCUT2D eigenvalue weighted by atomic mass is 16.3. The minimum Gasteiger partial charge on any atom is -0.393 e. The Balaban J connectivity index is 1.29. The predicted molar refractivity (Wildman–Crippen MR) is 196 cm³/mol. The van der Waals surface area contributed by atoms with E-state index in [0.29, 0.717) is 42.1 Å². The van der Waals surface area contributed by atoms with Crippen LogP contribution in [0.25, 0.3) is 11.1 Å². The van der Waals surface area contributed by atoms with Gasteiger partial charge in [-0.1, -0.05) is 30.3 Å². The normalized spacial score (nSPS) is 21.5. The fourth-order valence-electron chi connectivity index (χ4n) is 6.87. The zero-order valence-corrected chi connectivity index (χ0v) is 28.7.